The molecule has 0 unspecified atom stereocenters. The van der Waals surface area contributed by atoms with Crippen LogP contribution in [0.15, 0.2) is 12.1 Å². The van der Waals surface area contributed by atoms with E-state index in [4.69, 9.17) is 5.73 Å². The third-order valence-electron chi connectivity index (χ3n) is 1.63. The van der Waals surface area contributed by atoms with Crippen molar-refractivity contribution in [3.8, 4) is 0 Å². The zero-order chi connectivity index (χ0) is 8.72. The van der Waals surface area contributed by atoms with Crippen molar-refractivity contribution < 1.29 is 4.39 Å². The summed E-state index contributed by atoms with van der Waals surface area (Å²) >= 11 is 2.06. The topological polar surface area (TPSA) is 54.7 Å². The van der Waals surface area contributed by atoms with Gasteiger partial charge in [0, 0.05) is 11.5 Å². The van der Waals surface area contributed by atoms with Crippen LogP contribution in [0.25, 0.3) is 10.9 Å². The van der Waals surface area contributed by atoms with Crippen molar-refractivity contribution in [1.29, 1.82) is 0 Å². The molecule has 2 rings (SSSR count). The highest BCUT2D eigenvalue weighted by atomic mass is 127. The monoisotopic (exact) mass is 277 g/mol. The van der Waals surface area contributed by atoms with Crippen LogP contribution < -0.4 is 5.73 Å². The first-order chi connectivity index (χ1) is 5.68. The van der Waals surface area contributed by atoms with Crippen molar-refractivity contribution in [2.24, 2.45) is 0 Å². The summed E-state index contributed by atoms with van der Waals surface area (Å²) in [5.41, 5.74) is 6.22. The van der Waals surface area contributed by atoms with Gasteiger partial charge in [0.1, 0.15) is 9.52 Å². The van der Waals surface area contributed by atoms with E-state index in [1.807, 2.05) is 0 Å². The lowest BCUT2D eigenvalue weighted by molar-refractivity contribution is 0.634. The molecule has 1 aromatic heterocycles. The number of H-pyrrole nitrogens is 1. The van der Waals surface area contributed by atoms with Crippen LogP contribution in [-0.2, 0) is 0 Å². The van der Waals surface area contributed by atoms with Crippen LogP contribution in [0.5, 0.6) is 0 Å². The van der Waals surface area contributed by atoms with E-state index < -0.39 is 5.82 Å². The minimum Gasteiger partial charge on any atom is -0.396 e. The molecule has 0 spiro atoms. The molecule has 0 amide bonds. The highest BCUT2D eigenvalue weighted by Gasteiger charge is 2.06. The zero-order valence-corrected chi connectivity index (χ0v) is 8.09. The average Bonchev–Trinajstić information content (AvgIpc) is 2.35. The maximum atomic E-state index is 12.9. The molecule has 0 atom stereocenters. The van der Waals surface area contributed by atoms with Gasteiger partial charge in [0.15, 0.2) is 0 Å². The number of nitrogens with one attached hydrogen (secondary N) is 1. The number of rotatable bonds is 0. The van der Waals surface area contributed by atoms with Crippen LogP contribution >= 0.6 is 22.6 Å². The van der Waals surface area contributed by atoms with Crippen LogP contribution in [-0.4, -0.2) is 10.2 Å². The number of nitrogens with two attached hydrogens (primary N) is 1. The molecule has 0 saturated carbocycles. The molecule has 3 N–H and O–H groups in total. The summed E-state index contributed by atoms with van der Waals surface area (Å²) in [5.74, 6) is -0.414. The van der Waals surface area contributed by atoms with Gasteiger partial charge < -0.3 is 5.73 Å². The van der Waals surface area contributed by atoms with Gasteiger partial charge in [-0.15, -0.1) is 0 Å². The summed E-state index contributed by atoms with van der Waals surface area (Å²) in [6, 6.07) is 2.93. The second kappa shape index (κ2) is 2.58. The van der Waals surface area contributed by atoms with Crippen molar-refractivity contribution >= 4 is 39.2 Å². The van der Waals surface area contributed by atoms with Gasteiger partial charge in [-0.05, 0) is 28.7 Å². The van der Waals surface area contributed by atoms with E-state index in [2.05, 4.69) is 32.8 Å². The van der Waals surface area contributed by atoms with Gasteiger partial charge in [0.2, 0.25) is 0 Å². The first kappa shape index (κ1) is 7.78. The largest absolute Gasteiger partial charge is 0.396 e. The van der Waals surface area contributed by atoms with Gasteiger partial charge in [0.25, 0.3) is 0 Å². The molecule has 3 nitrogen and oxygen atoms in total. The number of aromatic nitrogens is 2. The van der Waals surface area contributed by atoms with E-state index in [0.717, 1.165) is 9.09 Å². The standard InChI is InChI=1S/C7H5FIN3/c8-4-2-6-3(1-5(4)10)7(9)12-11-6/h1-2H,10H2,(H,11,12). The Morgan fingerprint density at radius 2 is 2.25 bits per heavy atom. The number of anilines is 1. The number of halogens is 2. The first-order valence-electron chi connectivity index (χ1n) is 3.27. The van der Waals surface area contributed by atoms with Crippen molar-refractivity contribution in [2.75, 3.05) is 5.73 Å². The molecule has 0 aliphatic heterocycles. The van der Waals surface area contributed by atoms with Crippen LogP contribution in [0.3, 0.4) is 0 Å². The number of nitrogen functional groups attached to an aromatic ring is 1. The van der Waals surface area contributed by atoms with Crippen molar-refractivity contribution in [2.45, 2.75) is 0 Å². The van der Waals surface area contributed by atoms with Gasteiger partial charge in [-0.25, -0.2) is 4.39 Å². The summed E-state index contributed by atoms with van der Waals surface area (Å²) in [4.78, 5) is 0. The predicted molar refractivity (Wildman–Crippen MR) is 53.2 cm³/mol. The Balaban J connectivity index is 2.87. The van der Waals surface area contributed by atoms with Crippen molar-refractivity contribution in [3.63, 3.8) is 0 Å². The lowest BCUT2D eigenvalue weighted by atomic mass is 10.2. The van der Waals surface area contributed by atoms with Gasteiger partial charge >= 0.3 is 0 Å². The van der Waals surface area contributed by atoms with Crippen LogP contribution in [0, 0.1) is 9.52 Å². The molecule has 5 heteroatoms. The van der Waals surface area contributed by atoms with Crippen molar-refractivity contribution in [3.05, 3.63) is 21.7 Å². The normalized spacial score (nSPS) is 10.8. The zero-order valence-electron chi connectivity index (χ0n) is 5.94. The van der Waals surface area contributed by atoms with Crippen LogP contribution in [0.2, 0.25) is 0 Å². The summed E-state index contributed by atoms with van der Waals surface area (Å²) in [5, 5.41) is 7.48. The maximum absolute atomic E-state index is 12.9. The van der Waals surface area contributed by atoms with E-state index >= 15 is 0 Å². The Bertz CT molecular complexity index is 437. The molecular weight excluding hydrogens is 272 g/mol. The SMILES string of the molecule is Nc1cc2c(I)n[nH]c2cc1F. The fourth-order valence-corrected chi connectivity index (χ4v) is 1.59. The smallest absolute Gasteiger partial charge is 0.148 e. The Morgan fingerprint density at radius 1 is 1.50 bits per heavy atom. The summed E-state index contributed by atoms with van der Waals surface area (Å²) < 4.78 is 13.7. The second-order valence-corrected chi connectivity index (χ2v) is 3.46. The van der Waals surface area contributed by atoms with Gasteiger partial charge in [-0.2, -0.15) is 5.10 Å². The number of benzene rings is 1. The number of fused-ring (bicyclic) bond motifs is 1. The molecule has 62 valence electrons. The number of hydrogen-bond donors (Lipinski definition) is 2. The molecule has 0 saturated heterocycles. The van der Waals surface area contributed by atoms with E-state index in [0.29, 0.717) is 5.52 Å². The Kier molecular flexibility index (Phi) is 1.67. The highest BCUT2D eigenvalue weighted by molar-refractivity contribution is 14.1. The quantitative estimate of drug-likeness (QED) is 0.570. The molecule has 0 aliphatic carbocycles. The van der Waals surface area contributed by atoms with Gasteiger partial charge in [0.05, 0.1) is 11.2 Å². The second-order valence-electron chi connectivity index (χ2n) is 2.43. The molecule has 0 radical (unpaired) electrons. The fraction of sp³-hybridized carbons (Fsp3) is 0. The molecule has 0 bridgehead atoms. The van der Waals surface area contributed by atoms with E-state index in [1.54, 1.807) is 6.07 Å². The van der Waals surface area contributed by atoms with Crippen LogP contribution in [0.4, 0.5) is 10.1 Å². The highest BCUT2D eigenvalue weighted by Crippen LogP contribution is 2.22. The molecule has 2 aromatic rings. The molecule has 0 fully saturated rings. The van der Waals surface area contributed by atoms with Crippen molar-refractivity contribution in [1.82, 2.24) is 10.2 Å². The molecule has 0 aliphatic rings. The maximum Gasteiger partial charge on any atom is 0.148 e. The molecular formula is C7H5FIN3. The van der Waals surface area contributed by atoms with Gasteiger partial charge in [-0.3, -0.25) is 5.10 Å². The lowest BCUT2D eigenvalue weighted by Crippen LogP contribution is -1.89. The first-order valence-corrected chi connectivity index (χ1v) is 4.35. The summed E-state index contributed by atoms with van der Waals surface area (Å²) in [6.45, 7) is 0. The predicted octanol–water partition coefficient (Wildman–Crippen LogP) is 1.89. The lowest BCUT2D eigenvalue weighted by Gasteiger charge is -1.95. The number of aromatic amines is 1. The third-order valence-corrected chi connectivity index (χ3v) is 2.46. The Morgan fingerprint density at radius 3 is 3.00 bits per heavy atom. The van der Waals surface area contributed by atoms with E-state index in [-0.39, 0.29) is 5.69 Å². The Labute approximate surface area is 81.3 Å². The van der Waals surface area contributed by atoms with E-state index in [9.17, 15) is 4.39 Å². The van der Waals surface area contributed by atoms with Crippen LogP contribution in [0.1, 0.15) is 0 Å². The average molecular weight is 277 g/mol. The molecule has 1 aromatic carbocycles. The fourth-order valence-electron chi connectivity index (χ4n) is 1.02. The minimum atomic E-state index is -0.414. The molecule has 12 heavy (non-hydrogen) atoms. The summed E-state index contributed by atoms with van der Waals surface area (Å²) in [7, 11) is 0. The third kappa shape index (κ3) is 1.04. The van der Waals surface area contributed by atoms with Gasteiger partial charge in [-0.1, -0.05) is 0 Å². The molecule has 1 heterocycles. The number of nitrogens with zero attached hydrogens (tertiary/aromatic N) is 1. The summed E-state index contributed by atoms with van der Waals surface area (Å²) in [6.07, 6.45) is 0. The number of hydrogen-bond acceptors (Lipinski definition) is 2. The van der Waals surface area contributed by atoms with E-state index in [1.165, 1.54) is 6.07 Å². The Hall–Kier alpha value is -0.850. The minimum absolute atomic E-state index is 0.154.